The van der Waals surface area contributed by atoms with E-state index in [1.165, 1.54) is 18.2 Å². The number of nitrogens with one attached hydrogen (secondary N) is 1. The average Bonchev–Trinajstić information content (AvgIpc) is 3.34. The molecule has 5 fully saturated rings. The normalized spacial score (nSPS) is 25.6. The van der Waals surface area contributed by atoms with Gasteiger partial charge in [0, 0.05) is 73.0 Å². The van der Waals surface area contributed by atoms with Crippen LogP contribution in [-0.4, -0.2) is 84.6 Å². The third-order valence-electron chi connectivity index (χ3n) is 11.6. The summed E-state index contributed by atoms with van der Waals surface area (Å²) in [6.07, 6.45) is 4.58. The second kappa shape index (κ2) is 11.8. The molecular formula is C38H40F2N6O3. The van der Waals surface area contributed by atoms with E-state index in [9.17, 15) is 10.4 Å². The number of benzene rings is 3. The SMILES string of the molecule is CCc1c(F)ccc2cc(O)cc(-c3c(C#N)cc4c(N5CC6CCC(C5)N6)nc(OCC5(CN6CC7COCC7C6)CC5)nc4c3F)c12. The molecule has 1 saturated carbocycles. The first kappa shape index (κ1) is 30.9. The van der Waals surface area contributed by atoms with Crippen LogP contribution in [0.15, 0.2) is 30.3 Å². The molecule has 4 saturated heterocycles. The predicted molar refractivity (Wildman–Crippen MR) is 182 cm³/mol. The molecule has 2 N–H and O–H groups in total. The summed E-state index contributed by atoms with van der Waals surface area (Å²) in [6.45, 7) is 8.43. The second-order valence-corrected chi connectivity index (χ2v) is 15.0. The van der Waals surface area contributed by atoms with Crippen molar-refractivity contribution in [3.8, 4) is 29.0 Å². The Kier molecular flexibility index (Phi) is 7.41. The van der Waals surface area contributed by atoms with Crippen molar-refractivity contribution in [3.05, 3.63) is 53.1 Å². The maximum Gasteiger partial charge on any atom is 0.319 e. The molecule has 1 aromatic heterocycles. The lowest BCUT2D eigenvalue weighted by molar-refractivity contribution is 0.131. The number of fused-ring (bicyclic) bond motifs is 5. The fourth-order valence-electron chi connectivity index (χ4n) is 8.99. The highest BCUT2D eigenvalue weighted by molar-refractivity contribution is 6.04. The van der Waals surface area contributed by atoms with Gasteiger partial charge in [-0.3, -0.25) is 0 Å². The van der Waals surface area contributed by atoms with Crippen molar-refractivity contribution in [3.63, 3.8) is 0 Å². The number of aromatic nitrogens is 2. The topological polar surface area (TPSA) is 107 Å². The van der Waals surface area contributed by atoms with Crippen LogP contribution < -0.4 is 15.0 Å². The standard InChI is InChI=1S/C38H40F2N6O3/c1-2-28-31(39)6-3-21-9-27(47)11-29(32(21)28)33-22(12-41)10-30-35(34(33)40)43-37(44-36(30)46-15-25-4-5-26(16-46)42-25)49-20-38(7-8-38)19-45-13-23-17-48-18-24(23)14-45/h3,6,9-11,23-26,42,47H,2,4-5,7-8,13-20H2,1H3. The maximum absolute atomic E-state index is 17.2. The van der Waals surface area contributed by atoms with Gasteiger partial charge in [0.15, 0.2) is 5.82 Å². The van der Waals surface area contributed by atoms with Crippen LogP contribution in [0.2, 0.25) is 0 Å². The fraction of sp³-hybridized carbons (Fsp3) is 0.500. The molecule has 4 atom stereocenters. The fourth-order valence-corrected chi connectivity index (χ4v) is 8.99. The summed E-state index contributed by atoms with van der Waals surface area (Å²) >= 11 is 0. The van der Waals surface area contributed by atoms with Gasteiger partial charge >= 0.3 is 6.01 Å². The molecule has 5 aliphatic rings. The number of hydrogen-bond donors (Lipinski definition) is 2. The summed E-state index contributed by atoms with van der Waals surface area (Å²) in [5.74, 6) is 0.536. The van der Waals surface area contributed by atoms with Crippen molar-refractivity contribution in [2.45, 2.75) is 51.1 Å². The molecular weight excluding hydrogens is 626 g/mol. The van der Waals surface area contributed by atoms with Gasteiger partial charge in [-0.05, 0) is 78.3 Å². The molecule has 11 heteroatoms. The van der Waals surface area contributed by atoms with Gasteiger partial charge in [0.05, 0.1) is 31.5 Å². The van der Waals surface area contributed by atoms with Crippen LogP contribution in [0.4, 0.5) is 14.6 Å². The van der Waals surface area contributed by atoms with Crippen LogP contribution >= 0.6 is 0 Å². The van der Waals surface area contributed by atoms with Crippen molar-refractivity contribution in [1.82, 2.24) is 20.2 Å². The number of ether oxygens (including phenoxy) is 2. The van der Waals surface area contributed by atoms with E-state index in [4.69, 9.17) is 19.4 Å². The Morgan fingerprint density at radius 2 is 1.82 bits per heavy atom. The largest absolute Gasteiger partial charge is 0.508 e. The number of rotatable bonds is 8. The minimum atomic E-state index is -0.717. The average molecular weight is 667 g/mol. The lowest BCUT2D eigenvalue weighted by atomic mass is 9.89. The number of nitriles is 1. The van der Waals surface area contributed by atoms with E-state index in [1.807, 2.05) is 6.92 Å². The van der Waals surface area contributed by atoms with E-state index < -0.39 is 11.6 Å². The van der Waals surface area contributed by atoms with Crippen LogP contribution in [0.25, 0.3) is 32.8 Å². The van der Waals surface area contributed by atoms with E-state index in [0.29, 0.717) is 77.6 Å². The van der Waals surface area contributed by atoms with Gasteiger partial charge < -0.3 is 29.7 Å². The second-order valence-electron chi connectivity index (χ2n) is 15.0. The lowest BCUT2D eigenvalue weighted by Crippen LogP contribution is -2.51. The molecule has 5 heterocycles. The molecule has 4 aliphatic heterocycles. The number of phenolic OH excluding ortho intramolecular Hbond substituents is 1. The number of anilines is 1. The van der Waals surface area contributed by atoms with Crippen LogP contribution in [0.5, 0.6) is 11.8 Å². The van der Waals surface area contributed by atoms with E-state index in [2.05, 4.69) is 21.2 Å². The summed E-state index contributed by atoms with van der Waals surface area (Å²) in [5, 5.41) is 26.3. The molecule has 49 heavy (non-hydrogen) atoms. The number of hydrogen-bond acceptors (Lipinski definition) is 9. The summed E-state index contributed by atoms with van der Waals surface area (Å²) in [6, 6.07) is 10.4. The van der Waals surface area contributed by atoms with Crippen molar-refractivity contribution in [2.24, 2.45) is 17.3 Å². The van der Waals surface area contributed by atoms with Crippen molar-refractivity contribution >= 4 is 27.5 Å². The lowest BCUT2D eigenvalue weighted by Gasteiger charge is -2.34. The van der Waals surface area contributed by atoms with E-state index >= 15 is 8.78 Å². The monoisotopic (exact) mass is 666 g/mol. The third-order valence-corrected chi connectivity index (χ3v) is 11.6. The highest BCUT2D eigenvalue weighted by atomic mass is 19.1. The Bertz CT molecular complexity index is 2010. The van der Waals surface area contributed by atoms with Crippen LogP contribution in [0.1, 0.15) is 43.7 Å². The van der Waals surface area contributed by atoms with E-state index in [1.54, 1.807) is 12.1 Å². The molecule has 1 aliphatic carbocycles. The number of piperazine rings is 1. The summed E-state index contributed by atoms with van der Waals surface area (Å²) in [4.78, 5) is 14.3. The van der Waals surface area contributed by atoms with E-state index in [0.717, 1.165) is 58.5 Å². The minimum Gasteiger partial charge on any atom is -0.508 e. The zero-order chi connectivity index (χ0) is 33.4. The molecule has 0 radical (unpaired) electrons. The molecule has 254 valence electrons. The Balaban J connectivity index is 1.14. The summed E-state index contributed by atoms with van der Waals surface area (Å²) in [5.41, 5.74) is 0.753. The zero-order valence-electron chi connectivity index (χ0n) is 27.6. The van der Waals surface area contributed by atoms with Crippen molar-refractivity contribution in [1.29, 1.82) is 5.26 Å². The molecule has 3 aromatic carbocycles. The molecule has 4 unspecified atom stereocenters. The third kappa shape index (κ3) is 5.36. The maximum atomic E-state index is 17.2. The van der Waals surface area contributed by atoms with Gasteiger partial charge in [-0.1, -0.05) is 13.0 Å². The first-order valence-electron chi connectivity index (χ1n) is 17.6. The number of nitrogens with zero attached hydrogens (tertiary/aromatic N) is 5. The number of likely N-dealkylation sites (tertiary alicyclic amines) is 1. The van der Waals surface area contributed by atoms with Crippen LogP contribution in [0, 0.1) is 40.2 Å². The Labute approximate surface area is 283 Å². The molecule has 2 bridgehead atoms. The number of aromatic hydroxyl groups is 1. The van der Waals surface area contributed by atoms with Gasteiger partial charge in [-0.2, -0.15) is 15.2 Å². The van der Waals surface area contributed by atoms with Gasteiger partial charge in [0.2, 0.25) is 0 Å². The Hall–Kier alpha value is -4.11. The highest BCUT2D eigenvalue weighted by Crippen LogP contribution is 2.48. The van der Waals surface area contributed by atoms with Gasteiger partial charge in [-0.15, -0.1) is 0 Å². The molecule has 9 rings (SSSR count). The van der Waals surface area contributed by atoms with Crippen molar-refractivity contribution in [2.75, 3.05) is 57.4 Å². The quantitative estimate of drug-likeness (QED) is 0.251. The minimum absolute atomic E-state index is 0.0155. The smallest absolute Gasteiger partial charge is 0.319 e. The molecule has 4 aromatic rings. The van der Waals surface area contributed by atoms with Crippen LogP contribution in [0.3, 0.4) is 0 Å². The summed E-state index contributed by atoms with van der Waals surface area (Å²) < 4.78 is 44.5. The van der Waals surface area contributed by atoms with Gasteiger partial charge in [0.25, 0.3) is 0 Å². The number of phenols is 1. The highest BCUT2D eigenvalue weighted by Gasteiger charge is 2.48. The zero-order valence-corrected chi connectivity index (χ0v) is 27.6. The summed E-state index contributed by atoms with van der Waals surface area (Å²) in [7, 11) is 0. The van der Waals surface area contributed by atoms with E-state index in [-0.39, 0.29) is 39.4 Å². The molecule has 0 spiro atoms. The van der Waals surface area contributed by atoms with Crippen molar-refractivity contribution < 1.29 is 23.4 Å². The van der Waals surface area contributed by atoms with Gasteiger partial charge in [0.1, 0.15) is 22.9 Å². The number of halogens is 2. The number of aryl methyl sites for hydroxylation is 1. The molecule has 9 nitrogen and oxygen atoms in total. The first-order valence-corrected chi connectivity index (χ1v) is 17.6. The van der Waals surface area contributed by atoms with Crippen LogP contribution in [-0.2, 0) is 11.2 Å². The first-order chi connectivity index (χ1) is 23.8. The molecule has 0 amide bonds. The van der Waals surface area contributed by atoms with Gasteiger partial charge in [-0.25, -0.2) is 8.78 Å². The Morgan fingerprint density at radius 1 is 1.06 bits per heavy atom. The Morgan fingerprint density at radius 3 is 2.51 bits per heavy atom. The predicted octanol–water partition coefficient (Wildman–Crippen LogP) is 5.55.